The first-order valence-electron chi connectivity index (χ1n) is 39.5. The number of phosphoric ester groups is 2. The quantitative estimate of drug-likeness (QED) is 0.0146. The number of carbonyl (C=O) groups excluding carboxylic acids is 3. The van der Waals surface area contributed by atoms with Crippen molar-refractivity contribution in [2.24, 2.45) is 0 Å². The van der Waals surface area contributed by atoms with E-state index in [0.717, 1.165) is 161 Å². The zero-order chi connectivity index (χ0) is 73.7. The molecule has 4 N–H and O–H groups in total. The molecule has 0 spiro atoms. The number of unbranched alkanes of at least 4 members (excludes halogenated alkanes) is 29. The van der Waals surface area contributed by atoms with Crippen LogP contribution in [0.15, 0.2) is 134 Å². The van der Waals surface area contributed by atoms with Crippen LogP contribution in [0.4, 0.5) is 0 Å². The Bertz CT molecular complexity index is 2370. The molecule has 0 amide bonds. The summed E-state index contributed by atoms with van der Waals surface area (Å²) in [5.74, 6) is -1.60. The number of carbonyl (C=O) groups is 3. The fourth-order valence-electron chi connectivity index (χ4n) is 10.4. The number of esters is 3. The van der Waals surface area contributed by atoms with Crippen LogP contribution in [0.3, 0.4) is 0 Å². The Morgan fingerprint density at radius 1 is 0.287 bits per heavy atom. The second kappa shape index (κ2) is 75.4. The molecule has 0 aliphatic carbocycles. The lowest BCUT2D eigenvalue weighted by Crippen LogP contribution is -2.30. The van der Waals surface area contributed by atoms with Gasteiger partial charge in [0.25, 0.3) is 0 Å². The average Bonchev–Trinajstić information content (AvgIpc) is 0.980. The van der Waals surface area contributed by atoms with E-state index in [1.807, 2.05) is 0 Å². The van der Waals surface area contributed by atoms with Crippen molar-refractivity contribution < 1.29 is 75.8 Å². The summed E-state index contributed by atoms with van der Waals surface area (Å²) in [5, 5.41) is 20.6. The Morgan fingerprint density at radius 2 is 0.525 bits per heavy atom. The molecular weight excluding hydrogens is 1310 g/mol. The van der Waals surface area contributed by atoms with Crippen molar-refractivity contribution in [3.63, 3.8) is 0 Å². The maximum atomic E-state index is 13.0. The van der Waals surface area contributed by atoms with E-state index in [4.69, 9.17) is 32.3 Å². The van der Waals surface area contributed by atoms with Crippen molar-refractivity contribution in [2.45, 2.75) is 334 Å². The van der Waals surface area contributed by atoms with Gasteiger partial charge in [0.05, 0.1) is 26.4 Å². The molecule has 0 saturated carbocycles. The van der Waals surface area contributed by atoms with Crippen molar-refractivity contribution in [2.75, 3.05) is 39.6 Å². The maximum Gasteiger partial charge on any atom is 0.472 e. The molecule has 0 aromatic heterocycles. The third-order valence-corrected chi connectivity index (χ3v) is 18.2. The number of phosphoric acid groups is 2. The number of aliphatic hydroxyl groups is 2. The number of ether oxygens (including phenoxy) is 3. The fraction of sp³-hybridized carbons (Fsp3) is 0.699. The highest BCUT2D eigenvalue weighted by molar-refractivity contribution is 7.47. The minimum atomic E-state index is -4.94. The van der Waals surface area contributed by atoms with Crippen molar-refractivity contribution in [3.8, 4) is 0 Å². The molecule has 0 bridgehead atoms. The third-order valence-electron chi connectivity index (χ3n) is 16.3. The van der Waals surface area contributed by atoms with Crippen LogP contribution in [0.2, 0.25) is 0 Å². The summed E-state index contributed by atoms with van der Waals surface area (Å²) >= 11 is 0. The predicted molar refractivity (Wildman–Crippen MR) is 417 cm³/mol. The standard InChI is InChI=1S/C83H142O16P2/c1-4-7-10-13-16-19-22-25-28-30-32-33-34-35-36-37-38-39-40-41-42-43-45-47-49-51-54-57-60-63-66-69-81(86)93-72-78(84)73-95-100(89,90)96-74-79(85)75-97-101(91,92)98-77-80(99-83(88)71-68-65-62-59-56-53-48-27-24-21-18-15-12-9-6-3)76-94-82(87)70-67-64-61-58-55-52-50-46-44-31-29-26-23-20-17-14-11-8-5-2/h7-8,10-11,16-21,25-29,32-33,35-36,44,46,48,78-80,84-85H,4-6,9,12-15,22-24,30-31,34,37-43,45,47,49-77H2,1-3H3,(H,89,90)(H,91,92)/b10-7-,11-8-,19-16-,20-17-,21-18-,28-25-,29-26-,33-32-,36-35-,46-44-,48-27-. The zero-order valence-corrected chi connectivity index (χ0v) is 65.1. The van der Waals surface area contributed by atoms with Crippen molar-refractivity contribution in [1.29, 1.82) is 0 Å². The van der Waals surface area contributed by atoms with Gasteiger partial charge in [0.1, 0.15) is 25.4 Å². The van der Waals surface area contributed by atoms with E-state index in [-0.39, 0.29) is 19.3 Å². The zero-order valence-electron chi connectivity index (χ0n) is 63.3. The molecule has 5 unspecified atom stereocenters. The van der Waals surface area contributed by atoms with Crippen molar-refractivity contribution >= 4 is 33.6 Å². The van der Waals surface area contributed by atoms with Gasteiger partial charge in [-0.3, -0.25) is 32.5 Å². The molecule has 0 fully saturated rings. The summed E-state index contributed by atoms with van der Waals surface area (Å²) < 4.78 is 61.1. The molecule has 5 atom stereocenters. The maximum absolute atomic E-state index is 13.0. The number of hydrogen-bond acceptors (Lipinski definition) is 14. The molecule has 0 aromatic carbocycles. The van der Waals surface area contributed by atoms with Crippen LogP contribution < -0.4 is 0 Å². The minimum absolute atomic E-state index is 0.0831. The second-order valence-corrected chi connectivity index (χ2v) is 29.0. The highest BCUT2D eigenvalue weighted by Crippen LogP contribution is 2.45. The molecule has 0 heterocycles. The Labute approximate surface area is 614 Å². The summed E-state index contributed by atoms with van der Waals surface area (Å²) in [6.45, 7) is 2.41. The van der Waals surface area contributed by atoms with Gasteiger partial charge in [0, 0.05) is 19.3 Å². The first-order chi connectivity index (χ1) is 49.2. The largest absolute Gasteiger partial charge is 0.472 e. The summed E-state index contributed by atoms with van der Waals surface area (Å²) in [6.07, 6.45) is 90.8. The number of hydrogen-bond donors (Lipinski definition) is 4. The summed E-state index contributed by atoms with van der Waals surface area (Å²) in [5.41, 5.74) is 0. The van der Waals surface area contributed by atoms with Gasteiger partial charge in [0.15, 0.2) is 6.10 Å². The fourth-order valence-corrected chi connectivity index (χ4v) is 12.0. The van der Waals surface area contributed by atoms with Gasteiger partial charge in [-0.05, 0) is 135 Å². The minimum Gasteiger partial charge on any atom is -0.463 e. The van der Waals surface area contributed by atoms with Crippen molar-refractivity contribution in [3.05, 3.63) is 134 Å². The lowest BCUT2D eigenvalue weighted by molar-refractivity contribution is -0.161. The second-order valence-electron chi connectivity index (χ2n) is 26.1. The van der Waals surface area contributed by atoms with Gasteiger partial charge in [-0.1, -0.05) is 296 Å². The molecule has 16 nitrogen and oxygen atoms in total. The van der Waals surface area contributed by atoms with E-state index >= 15 is 0 Å². The van der Waals surface area contributed by atoms with Gasteiger partial charge in [0.2, 0.25) is 0 Å². The third kappa shape index (κ3) is 76.6. The van der Waals surface area contributed by atoms with Gasteiger partial charge < -0.3 is 34.2 Å². The first-order valence-corrected chi connectivity index (χ1v) is 42.5. The number of rotatable bonds is 74. The highest BCUT2D eigenvalue weighted by atomic mass is 31.2. The smallest absolute Gasteiger partial charge is 0.463 e. The van der Waals surface area contributed by atoms with E-state index < -0.39 is 91.5 Å². The van der Waals surface area contributed by atoms with Gasteiger partial charge in [-0.2, -0.15) is 0 Å². The lowest BCUT2D eigenvalue weighted by Gasteiger charge is -2.21. The molecule has 0 aliphatic heterocycles. The normalized spacial score (nSPS) is 14.7. The molecule has 580 valence electrons. The molecule has 0 rings (SSSR count). The van der Waals surface area contributed by atoms with Crippen LogP contribution >= 0.6 is 15.6 Å². The molecule has 101 heavy (non-hydrogen) atoms. The van der Waals surface area contributed by atoms with Crippen molar-refractivity contribution in [1.82, 2.24) is 0 Å². The molecule has 0 radical (unpaired) electrons. The van der Waals surface area contributed by atoms with Crippen LogP contribution in [-0.2, 0) is 55.8 Å². The summed E-state index contributed by atoms with van der Waals surface area (Å²) in [4.78, 5) is 58.6. The van der Waals surface area contributed by atoms with Crippen LogP contribution in [0.25, 0.3) is 0 Å². The molecule has 0 aliphatic rings. The summed E-state index contributed by atoms with van der Waals surface area (Å²) in [6, 6.07) is 0. The highest BCUT2D eigenvalue weighted by Gasteiger charge is 2.29. The topological polar surface area (TPSA) is 231 Å². The Morgan fingerprint density at radius 3 is 0.832 bits per heavy atom. The van der Waals surface area contributed by atoms with Crippen LogP contribution in [0.1, 0.15) is 316 Å². The molecule has 0 saturated heterocycles. The van der Waals surface area contributed by atoms with Crippen LogP contribution in [0.5, 0.6) is 0 Å². The van der Waals surface area contributed by atoms with E-state index in [0.29, 0.717) is 19.3 Å². The van der Waals surface area contributed by atoms with Gasteiger partial charge in [-0.15, -0.1) is 0 Å². The molecular formula is C83H142O16P2. The Balaban J connectivity index is 4.49. The van der Waals surface area contributed by atoms with Gasteiger partial charge in [-0.25, -0.2) is 9.13 Å². The first kappa shape index (κ1) is 96.7. The predicted octanol–water partition coefficient (Wildman–Crippen LogP) is 23.1. The Kier molecular flexibility index (Phi) is 72.2. The SMILES string of the molecule is CC/C=C\C/C=C\C/C=C\C/C=C\C/C=C\CCCCCCCCCCCCCCCCCC(=O)OCC(O)COP(=O)(O)OCC(O)COP(=O)(O)OCC(COC(=O)CCCCCCCC/C=C\C/C=C\C/C=C\C/C=C\CC)OC(=O)CCCCCCC/C=C\C/C=C\CCCCC. The lowest BCUT2D eigenvalue weighted by atomic mass is 10.0. The van der Waals surface area contributed by atoms with E-state index in [9.17, 15) is 43.5 Å². The van der Waals surface area contributed by atoms with E-state index in [2.05, 4.69) is 154 Å². The number of aliphatic hydroxyl groups excluding tert-OH is 2. The summed E-state index contributed by atoms with van der Waals surface area (Å²) in [7, 11) is -9.80. The monoisotopic (exact) mass is 1460 g/mol. The van der Waals surface area contributed by atoms with E-state index in [1.54, 1.807) is 0 Å². The van der Waals surface area contributed by atoms with Crippen LogP contribution in [-0.4, -0.2) is 95.9 Å². The van der Waals surface area contributed by atoms with Gasteiger partial charge >= 0.3 is 33.6 Å². The number of allylic oxidation sites excluding steroid dienone is 22. The van der Waals surface area contributed by atoms with E-state index in [1.165, 1.54) is 96.3 Å². The average molecular weight is 1460 g/mol. The van der Waals surface area contributed by atoms with Crippen LogP contribution in [0, 0.1) is 0 Å². The Hall–Kier alpha value is -4.31. The molecule has 0 aromatic rings. The molecule has 18 heteroatoms.